The van der Waals surface area contributed by atoms with E-state index in [1.165, 1.54) is 18.6 Å². The van der Waals surface area contributed by atoms with Gasteiger partial charge in [-0.1, -0.05) is 36.4 Å². The van der Waals surface area contributed by atoms with Crippen LogP contribution >= 0.6 is 47.8 Å². The number of hydrazone groups is 3. The number of hydrogen-bond acceptors (Lipinski definition) is 6. The first-order valence-corrected chi connectivity index (χ1v) is 14.6. The molecule has 0 aromatic heterocycles. The summed E-state index contributed by atoms with van der Waals surface area (Å²) in [4.78, 5) is 37.5. The monoisotopic (exact) mass is 750 g/mol. The van der Waals surface area contributed by atoms with E-state index in [-0.39, 0.29) is 17.7 Å². The standard InChI is InChI=1S/C30H21Br3N6O3/c31-25-10-4-1-7-22(25)28(40)37-34-16-19-13-20(17-35-38-29(41)23-8-2-5-11-26(23)32)15-21(14-19)18-36-39-30(42)24-9-3-6-12-27(24)33/h1-18H,(H,37,40)(H,38,41)(H,39,42). The van der Waals surface area contributed by atoms with Crippen LogP contribution in [0.5, 0.6) is 0 Å². The van der Waals surface area contributed by atoms with E-state index >= 15 is 0 Å². The largest absolute Gasteiger partial charge is 0.272 e. The molecule has 0 fully saturated rings. The highest BCUT2D eigenvalue weighted by molar-refractivity contribution is 9.11. The zero-order valence-corrected chi connectivity index (χ0v) is 26.4. The molecule has 0 heterocycles. The lowest BCUT2D eigenvalue weighted by atomic mass is 10.1. The Bertz CT molecular complexity index is 1510. The van der Waals surface area contributed by atoms with Gasteiger partial charge in [0.2, 0.25) is 0 Å². The summed E-state index contributed by atoms with van der Waals surface area (Å²) in [5, 5.41) is 12.2. The zero-order valence-electron chi connectivity index (χ0n) is 21.6. The lowest BCUT2D eigenvalue weighted by Crippen LogP contribution is -2.18. The van der Waals surface area contributed by atoms with Gasteiger partial charge >= 0.3 is 0 Å². The molecule has 0 atom stereocenters. The van der Waals surface area contributed by atoms with Gasteiger partial charge in [0, 0.05) is 13.4 Å². The molecule has 210 valence electrons. The summed E-state index contributed by atoms with van der Waals surface area (Å²) in [5.41, 5.74) is 10.6. The minimum atomic E-state index is -0.386. The predicted octanol–water partition coefficient (Wildman–Crippen LogP) is 6.27. The molecule has 4 rings (SSSR count). The van der Waals surface area contributed by atoms with Gasteiger partial charge in [-0.3, -0.25) is 14.4 Å². The highest BCUT2D eigenvalue weighted by Gasteiger charge is 2.10. The molecular weight excluding hydrogens is 732 g/mol. The maximum absolute atomic E-state index is 12.5. The van der Waals surface area contributed by atoms with Crippen molar-refractivity contribution in [3.63, 3.8) is 0 Å². The second-order valence-corrected chi connectivity index (χ2v) is 11.0. The van der Waals surface area contributed by atoms with E-state index in [0.29, 0.717) is 46.8 Å². The van der Waals surface area contributed by atoms with E-state index in [1.807, 2.05) is 18.2 Å². The van der Waals surface area contributed by atoms with Crippen molar-refractivity contribution in [3.05, 3.63) is 138 Å². The average molecular weight is 753 g/mol. The topological polar surface area (TPSA) is 124 Å². The van der Waals surface area contributed by atoms with Crippen molar-refractivity contribution in [2.24, 2.45) is 15.3 Å². The molecule has 0 radical (unpaired) electrons. The second-order valence-electron chi connectivity index (χ2n) is 8.47. The van der Waals surface area contributed by atoms with Crippen molar-refractivity contribution in [1.29, 1.82) is 0 Å². The van der Waals surface area contributed by atoms with Gasteiger partial charge in [-0.05, 0) is 119 Å². The number of carbonyl (C=O) groups excluding carboxylic acids is 3. The molecule has 12 heteroatoms. The quantitative estimate of drug-likeness (QED) is 0.138. The molecule has 0 saturated carbocycles. The normalized spacial score (nSPS) is 11.2. The minimum absolute atomic E-state index is 0.386. The first-order valence-electron chi connectivity index (χ1n) is 12.2. The fourth-order valence-corrected chi connectivity index (χ4v) is 4.93. The molecule has 0 spiro atoms. The smallest absolute Gasteiger partial charge is 0.267 e. The summed E-state index contributed by atoms with van der Waals surface area (Å²) in [7, 11) is 0. The predicted molar refractivity (Wildman–Crippen MR) is 174 cm³/mol. The van der Waals surface area contributed by atoms with Gasteiger partial charge in [0.1, 0.15) is 0 Å². The van der Waals surface area contributed by atoms with Crippen molar-refractivity contribution in [2.75, 3.05) is 0 Å². The molecule has 4 aromatic carbocycles. The van der Waals surface area contributed by atoms with E-state index in [1.54, 1.807) is 72.8 Å². The van der Waals surface area contributed by atoms with Gasteiger partial charge < -0.3 is 0 Å². The number of hydrogen-bond donors (Lipinski definition) is 3. The molecule has 42 heavy (non-hydrogen) atoms. The Hall–Kier alpha value is -4.26. The van der Waals surface area contributed by atoms with Crippen molar-refractivity contribution in [3.8, 4) is 0 Å². The molecule has 0 unspecified atom stereocenters. The Labute approximate surface area is 266 Å². The fourth-order valence-electron chi connectivity index (χ4n) is 3.54. The van der Waals surface area contributed by atoms with E-state index in [0.717, 1.165) is 0 Å². The highest BCUT2D eigenvalue weighted by Crippen LogP contribution is 2.17. The van der Waals surface area contributed by atoms with E-state index in [4.69, 9.17) is 0 Å². The van der Waals surface area contributed by atoms with Gasteiger partial charge in [-0.25, -0.2) is 16.3 Å². The third-order valence-corrected chi connectivity index (χ3v) is 7.57. The first kappa shape index (κ1) is 30.7. The summed E-state index contributed by atoms with van der Waals surface area (Å²) in [6.07, 6.45) is 4.38. The number of amides is 3. The number of halogens is 3. The fraction of sp³-hybridized carbons (Fsp3) is 0. The minimum Gasteiger partial charge on any atom is -0.267 e. The number of carbonyl (C=O) groups is 3. The Balaban J connectivity index is 1.52. The van der Waals surface area contributed by atoms with Crippen LogP contribution in [0.4, 0.5) is 0 Å². The molecule has 3 amide bonds. The van der Waals surface area contributed by atoms with Crippen molar-refractivity contribution < 1.29 is 14.4 Å². The van der Waals surface area contributed by atoms with Crippen LogP contribution in [0.2, 0.25) is 0 Å². The summed E-state index contributed by atoms with van der Waals surface area (Å²) in [6, 6.07) is 26.2. The van der Waals surface area contributed by atoms with Crippen LogP contribution in [-0.4, -0.2) is 36.4 Å². The third kappa shape index (κ3) is 8.62. The third-order valence-electron chi connectivity index (χ3n) is 5.49. The van der Waals surface area contributed by atoms with Crippen molar-refractivity contribution in [2.45, 2.75) is 0 Å². The molecule has 4 aromatic rings. The van der Waals surface area contributed by atoms with Crippen LogP contribution in [0.15, 0.2) is 120 Å². The molecule has 0 aliphatic heterocycles. The van der Waals surface area contributed by atoms with Gasteiger partial charge in [0.05, 0.1) is 35.3 Å². The Morgan fingerprint density at radius 2 is 0.738 bits per heavy atom. The first-order chi connectivity index (χ1) is 20.3. The number of nitrogens with zero attached hydrogens (tertiary/aromatic N) is 3. The Kier molecular flexibility index (Phi) is 11.0. The molecule has 0 saturated heterocycles. The van der Waals surface area contributed by atoms with E-state index in [2.05, 4.69) is 79.4 Å². The molecule has 9 nitrogen and oxygen atoms in total. The van der Waals surface area contributed by atoms with Gasteiger partial charge in [-0.2, -0.15) is 15.3 Å². The van der Waals surface area contributed by atoms with Crippen LogP contribution < -0.4 is 16.3 Å². The second kappa shape index (κ2) is 15.1. The number of nitrogens with one attached hydrogen (secondary N) is 3. The summed E-state index contributed by atoms with van der Waals surface area (Å²) in [5.74, 6) is -1.16. The van der Waals surface area contributed by atoms with Crippen LogP contribution in [0, 0.1) is 0 Å². The summed E-state index contributed by atoms with van der Waals surface area (Å²) < 4.78 is 1.93. The van der Waals surface area contributed by atoms with Crippen molar-refractivity contribution >= 4 is 84.2 Å². The molecular formula is C30H21Br3N6O3. The SMILES string of the molecule is O=C(NN=Cc1cc(C=NNC(=O)c2ccccc2Br)cc(C=NNC(=O)c2ccccc2Br)c1)c1ccccc1Br. The molecule has 0 bridgehead atoms. The zero-order chi connectivity index (χ0) is 29.9. The maximum Gasteiger partial charge on any atom is 0.272 e. The lowest BCUT2D eigenvalue weighted by Gasteiger charge is -2.05. The van der Waals surface area contributed by atoms with Crippen LogP contribution in [0.25, 0.3) is 0 Å². The van der Waals surface area contributed by atoms with Crippen LogP contribution in [0.3, 0.4) is 0 Å². The Morgan fingerprint density at radius 3 is 1.00 bits per heavy atom. The number of rotatable bonds is 9. The average Bonchev–Trinajstić information content (AvgIpc) is 2.97. The number of benzene rings is 4. The molecule has 3 N–H and O–H groups in total. The van der Waals surface area contributed by atoms with E-state index < -0.39 is 0 Å². The Morgan fingerprint density at radius 1 is 0.476 bits per heavy atom. The van der Waals surface area contributed by atoms with Gasteiger partial charge in [0.15, 0.2) is 0 Å². The summed E-state index contributed by atoms with van der Waals surface area (Å²) >= 11 is 10.1. The van der Waals surface area contributed by atoms with Gasteiger partial charge in [-0.15, -0.1) is 0 Å². The van der Waals surface area contributed by atoms with Gasteiger partial charge in [0.25, 0.3) is 17.7 Å². The maximum atomic E-state index is 12.5. The summed E-state index contributed by atoms with van der Waals surface area (Å²) in [6.45, 7) is 0. The van der Waals surface area contributed by atoms with Crippen molar-refractivity contribution in [1.82, 2.24) is 16.3 Å². The van der Waals surface area contributed by atoms with E-state index in [9.17, 15) is 14.4 Å². The highest BCUT2D eigenvalue weighted by atomic mass is 79.9. The van der Waals surface area contributed by atoms with Crippen LogP contribution in [0.1, 0.15) is 47.8 Å². The molecule has 0 aliphatic rings. The molecule has 0 aliphatic carbocycles. The lowest BCUT2D eigenvalue weighted by molar-refractivity contribution is 0.0946. The van der Waals surface area contributed by atoms with Crippen LogP contribution in [-0.2, 0) is 0 Å².